The van der Waals surface area contributed by atoms with Gasteiger partial charge in [-0.3, -0.25) is 4.79 Å². The predicted octanol–water partition coefficient (Wildman–Crippen LogP) is 5.79. The molecular weight excluding hydrogens is 371 g/mol. The summed E-state index contributed by atoms with van der Waals surface area (Å²) in [5.74, 6) is 0.0997. The molecule has 1 atom stereocenters. The third kappa shape index (κ3) is 3.29. The molecule has 4 rings (SSSR count). The number of amides is 1. The van der Waals surface area contributed by atoms with Gasteiger partial charge >= 0.3 is 0 Å². The van der Waals surface area contributed by atoms with Crippen molar-refractivity contribution in [1.29, 1.82) is 0 Å². The molecule has 1 aliphatic heterocycles. The third-order valence-corrected chi connectivity index (χ3v) is 6.37. The standard InChI is InChI=1S/C20H18ClFN2OS/c1-12-8-9-24(11-12)15-5-3-14(4-6-15)23-20(25)19-18(21)16-7-2-13(22)10-17(16)26-19/h2-7,10,12H,8-9,11H2,1H3,(H,23,25). The first-order chi connectivity index (χ1) is 12.5. The number of rotatable bonds is 3. The van der Waals surface area contributed by atoms with Gasteiger partial charge in [0.2, 0.25) is 0 Å². The lowest BCUT2D eigenvalue weighted by molar-refractivity contribution is 0.103. The van der Waals surface area contributed by atoms with Crippen LogP contribution in [0.25, 0.3) is 10.1 Å². The Kier molecular flexibility index (Phi) is 4.59. The molecule has 26 heavy (non-hydrogen) atoms. The summed E-state index contributed by atoms with van der Waals surface area (Å²) in [4.78, 5) is 15.3. The summed E-state index contributed by atoms with van der Waals surface area (Å²) >= 11 is 7.51. The second-order valence-corrected chi connectivity index (χ2v) is 8.16. The van der Waals surface area contributed by atoms with Crippen molar-refractivity contribution in [3.8, 4) is 0 Å². The van der Waals surface area contributed by atoms with Gasteiger partial charge in [0.15, 0.2) is 0 Å². The Labute approximate surface area is 160 Å². The van der Waals surface area contributed by atoms with E-state index in [0.29, 0.717) is 31.6 Å². The molecule has 0 saturated carbocycles. The summed E-state index contributed by atoms with van der Waals surface area (Å²) in [6.45, 7) is 4.40. The second-order valence-electron chi connectivity index (χ2n) is 6.73. The molecule has 0 spiro atoms. The topological polar surface area (TPSA) is 32.3 Å². The van der Waals surface area contributed by atoms with Crippen molar-refractivity contribution in [3.63, 3.8) is 0 Å². The van der Waals surface area contributed by atoms with Crippen molar-refractivity contribution in [2.24, 2.45) is 5.92 Å². The maximum atomic E-state index is 13.4. The number of hydrogen-bond acceptors (Lipinski definition) is 3. The Morgan fingerprint density at radius 3 is 2.73 bits per heavy atom. The molecule has 1 N–H and O–H groups in total. The Bertz CT molecular complexity index is 970. The number of fused-ring (bicyclic) bond motifs is 1. The van der Waals surface area contributed by atoms with Crippen LogP contribution >= 0.6 is 22.9 Å². The number of halogens is 2. The molecule has 1 aliphatic rings. The van der Waals surface area contributed by atoms with E-state index in [0.717, 1.165) is 13.1 Å². The van der Waals surface area contributed by atoms with E-state index in [9.17, 15) is 9.18 Å². The van der Waals surface area contributed by atoms with Crippen LogP contribution in [0.15, 0.2) is 42.5 Å². The smallest absolute Gasteiger partial charge is 0.267 e. The van der Waals surface area contributed by atoms with Gasteiger partial charge in [-0.25, -0.2) is 4.39 Å². The highest BCUT2D eigenvalue weighted by Crippen LogP contribution is 2.36. The molecule has 2 aromatic carbocycles. The second kappa shape index (κ2) is 6.89. The lowest BCUT2D eigenvalue weighted by atomic mass is 10.2. The first kappa shape index (κ1) is 17.3. The lowest BCUT2D eigenvalue weighted by Gasteiger charge is -2.18. The molecule has 1 fully saturated rings. The van der Waals surface area contributed by atoms with Gasteiger partial charge in [-0.05, 0) is 54.8 Å². The van der Waals surface area contributed by atoms with Gasteiger partial charge in [-0.2, -0.15) is 0 Å². The zero-order valence-corrected chi connectivity index (χ0v) is 15.8. The number of thiophene rings is 1. The lowest BCUT2D eigenvalue weighted by Crippen LogP contribution is -2.19. The molecule has 0 aliphatic carbocycles. The van der Waals surface area contributed by atoms with Gasteiger partial charge in [0, 0.05) is 34.6 Å². The van der Waals surface area contributed by atoms with E-state index in [1.54, 1.807) is 6.07 Å². The first-order valence-corrected chi connectivity index (χ1v) is 9.74. The van der Waals surface area contributed by atoms with Crippen LogP contribution in [0.1, 0.15) is 23.0 Å². The van der Waals surface area contributed by atoms with Crippen LogP contribution in [0.2, 0.25) is 5.02 Å². The number of nitrogens with one attached hydrogen (secondary N) is 1. The van der Waals surface area contributed by atoms with Crippen molar-refractivity contribution in [1.82, 2.24) is 0 Å². The highest BCUT2D eigenvalue weighted by Gasteiger charge is 2.20. The minimum atomic E-state index is -0.339. The number of benzene rings is 2. The number of nitrogens with zero attached hydrogens (tertiary/aromatic N) is 1. The van der Waals surface area contributed by atoms with Crippen molar-refractivity contribution in [3.05, 3.63) is 58.2 Å². The molecule has 6 heteroatoms. The molecule has 0 radical (unpaired) electrons. The summed E-state index contributed by atoms with van der Waals surface area (Å²) in [7, 11) is 0. The van der Waals surface area contributed by atoms with Crippen LogP contribution in [0.4, 0.5) is 15.8 Å². The molecule has 0 bridgehead atoms. The number of hydrogen-bond donors (Lipinski definition) is 1. The molecular formula is C20H18ClFN2OS. The summed E-state index contributed by atoms with van der Waals surface area (Å²) in [5, 5.41) is 3.94. The Balaban J connectivity index is 1.52. The van der Waals surface area contributed by atoms with Crippen molar-refractivity contribution in [2.75, 3.05) is 23.3 Å². The van der Waals surface area contributed by atoms with Crippen LogP contribution in [0, 0.1) is 11.7 Å². The summed E-state index contributed by atoms with van der Waals surface area (Å²) in [6.07, 6.45) is 1.21. The van der Waals surface area contributed by atoms with E-state index in [4.69, 9.17) is 11.6 Å². The Morgan fingerprint density at radius 1 is 1.27 bits per heavy atom. The molecule has 2 heterocycles. The zero-order chi connectivity index (χ0) is 18.3. The fourth-order valence-electron chi connectivity index (χ4n) is 3.30. The van der Waals surface area contributed by atoms with Gasteiger partial charge < -0.3 is 10.2 Å². The molecule has 1 aromatic heterocycles. The summed E-state index contributed by atoms with van der Waals surface area (Å²) in [6, 6.07) is 12.2. The van der Waals surface area contributed by atoms with Crippen molar-refractivity contribution >= 4 is 50.3 Å². The minimum absolute atomic E-state index is 0.279. The van der Waals surface area contributed by atoms with Gasteiger partial charge in [0.25, 0.3) is 5.91 Å². The monoisotopic (exact) mass is 388 g/mol. The molecule has 1 unspecified atom stereocenters. The van der Waals surface area contributed by atoms with E-state index >= 15 is 0 Å². The summed E-state index contributed by atoms with van der Waals surface area (Å²) in [5.41, 5.74) is 1.88. The Hall–Kier alpha value is -2.11. The molecule has 134 valence electrons. The SMILES string of the molecule is CC1CCN(c2ccc(NC(=O)c3sc4cc(F)ccc4c3Cl)cc2)C1. The van der Waals surface area contributed by atoms with E-state index in [1.807, 2.05) is 24.3 Å². The highest BCUT2D eigenvalue weighted by atomic mass is 35.5. The maximum absolute atomic E-state index is 13.4. The normalized spacial score (nSPS) is 17.0. The number of carbonyl (C=O) groups is 1. The molecule has 1 amide bonds. The first-order valence-electron chi connectivity index (χ1n) is 8.55. The largest absolute Gasteiger partial charge is 0.371 e. The van der Waals surface area contributed by atoms with Gasteiger partial charge in [-0.1, -0.05) is 18.5 Å². The van der Waals surface area contributed by atoms with Gasteiger partial charge in [0.05, 0.1) is 5.02 Å². The van der Waals surface area contributed by atoms with Gasteiger partial charge in [-0.15, -0.1) is 11.3 Å². The average Bonchev–Trinajstić information content (AvgIpc) is 3.19. The zero-order valence-electron chi connectivity index (χ0n) is 14.3. The van der Waals surface area contributed by atoms with Crippen molar-refractivity contribution < 1.29 is 9.18 Å². The quantitative estimate of drug-likeness (QED) is 0.615. The fraction of sp³-hybridized carbons (Fsp3) is 0.250. The molecule has 1 saturated heterocycles. The fourth-order valence-corrected chi connectivity index (χ4v) is 4.74. The van der Waals surface area contributed by atoms with Crippen LogP contribution in [0.3, 0.4) is 0 Å². The summed E-state index contributed by atoms with van der Waals surface area (Å²) < 4.78 is 14.0. The third-order valence-electron chi connectivity index (χ3n) is 4.71. The van der Waals surface area contributed by atoms with Crippen LogP contribution in [-0.2, 0) is 0 Å². The van der Waals surface area contributed by atoms with E-state index in [-0.39, 0.29) is 11.7 Å². The van der Waals surface area contributed by atoms with Crippen LogP contribution in [-0.4, -0.2) is 19.0 Å². The van der Waals surface area contributed by atoms with Crippen LogP contribution in [0.5, 0.6) is 0 Å². The molecule has 3 nitrogen and oxygen atoms in total. The van der Waals surface area contributed by atoms with Crippen LogP contribution < -0.4 is 10.2 Å². The minimum Gasteiger partial charge on any atom is -0.371 e. The van der Waals surface area contributed by atoms with E-state index < -0.39 is 0 Å². The maximum Gasteiger partial charge on any atom is 0.267 e. The van der Waals surface area contributed by atoms with Gasteiger partial charge in [0.1, 0.15) is 10.7 Å². The van der Waals surface area contributed by atoms with Crippen molar-refractivity contribution in [2.45, 2.75) is 13.3 Å². The highest BCUT2D eigenvalue weighted by molar-refractivity contribution is 7.21. The predicted molar refractivity (Wildman–Crippen MR) is 107 cm³/mol. The average molecular weight is 389 g/mol. The van der Waals surface area contributed by atoms with E-state index in [2.05, 4.69) is 17.1 Å². The number of anilines is 2. The number of carbonyl (C=O) groups excluding carboxylic acids is 1. The Morgan fingerprint density at radius 2 is 2.04 bits per heavy atom. The molecule has 3 aromatic rings. The van der Waals surface area contributed by atoms with E-state index in [1.165, 1.54) is 35.6 Å².